The van der Waals surface area contributed by atoms with Gasteiger partial charge in [-0.15, -0.1) is 0 Å². The summed E-state index contributed by atoms with van der Waals surface area (Å²) in [7, 11) is 1.55. The van der Waals surface area contributed by atoms with E-state index in [1.54, 1.807) is 25.3 Å². The maximum atomic E-state index is 11.6. The van der Waals surface area contributed by atoms with Crippen molar-refractivity contribution in [1.82, 2.24) is 5.32 Å². The van der Waals surface area contributed by atoms with Crippen LogP contribution < -0.4 is 15.4 Å². The second-order valence-corrected chi connectivity index (χ2v) is 4.43. The smallest absolute Gasteiger partial charge is 0.325 e. The van der Waals surface area contributed by atoms with Crippen LogP contribution in [0.2, 0.25) is 0 Å². The van der Waals surface area contributed by atoms with Gasteiger partial charge in [-0.05, 0) is 37.1 Å². The first-order chi connectivity index (χ1) is 9.92. The molecule has 0 fully saturated rings. The van der Waals surface area contributed by atoms with Crippen LogP contribution in [-0.2, 0) is 9.59 Å². The van der Waals surface area contributed by atoms with Crippen LogP contribution in [0.4, 0.5) is 10.5 Å². The lowest BCUT2D eigenvalue weighted by Crippen LogP contribution is -2.34. The summed E-state index contributed by atoms with van der Waals surface area (Å²) in [6.07, 6.45) is 0.0736. The summed E-state index contributed by atoms with van der Waals surface area (Å²) in [5.41, 5.74) is 1.38. The third-order valence-corrected chi connectivity index (χ3v) is 2.70. The summed E-state index contributed by atoms with van der Waals surface area (Å²) in [6, 6.07) is 4.42. The Bertz CT molecular complexity index is 542. The molecular weight excluding hydrogens is 276 g/mol. The van der Waals surface area contributed by atoms with Crippen LogP contribution in [0.25, 0.3) is 0 Å². The summed E-state index contributed by atoms with van der Waals surface area (Å²) >= 11 is 0. The van der Waals surface area contributed by atoms with Crippen molar-refractivity contribution < 1.29 is 24.2 Å². The highest BCUT2D eigenvalue weighted by atomic mass is 16.5. The molecule has 0 atom stereocenters. The summed E-state index contributed by atoms with van der Waals surface area (Å²) in [5, 5.41) is 13.1. The van der Waals surface area contributed by atoms with Gasteiger partial charge in [0, 0.05) is 18.5 Å². The molecule has 0 aromatic heterocycles. The van der Waals surface area contributed by atoms with Gasteiger partial charge in [-0.3, -0.25) is 14.9 Å². The van der Waals surface area contributed by atoms with Crippen LogP contribution in [0.3, 0.4) is 0 Å². The van der Waals surface area contributed by atoms with Crippen LogP contribution in [-0.4, -0.2) is 30.1 Å². The SMILES string of the molecule is COc1ccc(NC(=O)NC(=O)CCCC(=O)O)cc1C. The number of nitrogens with one attached hydrogen (secondary N) is 2. The highest BCUT2D eigenvalue weighted by Gasteiger charge is 2.09. The first-order valence-corrected chi connectivity index (χ1v) is 6.39. The second-order valence-electron chi connectivity index (χ2n) is 4.43. The molecule has 0 heterocycles. The number of benzene rings is 1. The quantitative estimate of drug-likeness (QED) is 0.743. The number of urea groups is 1. The lowest BCUT2D eigenvalue weighted by molar-refractivity contribution is -0.137. The molecule has 1 aromatic rings. The van der Waals surface area contributed by atoms with Gasteiger partial charge in [0.15, 0.2) is 0 Å². The van der Waals surface area contributed by atoms with Gasteiger partial charge < -0.3 is 15.2 Å². The maximum absolute atomic E-state index is 11.6. The van der Waals surface area contributed by atoms with E-state index in [4.69, 9.17) is 9.84 Å². The van der Waals surface area contributed by atoms with E-state index in [1.165, 1.54) is 0 Å². The fraction of sp³-hybridized carbons (Fsp3) is 0.357. The third-order valence-electron chi connectivity index (χ3n) is 2.70. The number of carbonyl (C=O) groups is 3. The zero-order valence-electron chi connectivity index (χ0n) is 11.9. The molecule has 0 saturated heterocycles. The minimum absolute atomic E-state index is 0.0125. The molecule has 7 nitrogen and oxygen atoms in total. The lowest BCUT2D eigenvalue weighted by Gasteiger charge is -2.09. The zero-order valence-corrected chi connectivity index (χ0v) is 11.9. The van der Waals surface area contributed by atoms with Crippen molar-refractivity contribution in [3.8, 4) is 5.75 Å². The van der Waals surface area contributed by atoms with Crippen LogP contribution in [0.1, 0.15) is 24.8 Å². The molecule has 0 unspecified atom stereocenters. The Morgan fingerprint density at radius 3 is 2.52 bits per heavy atom. The monoisotopic (exact) mass is 294 g/mol. The topological polar surface area (TPSA) is 105 Å². The van der Waals surface area contributed by atoms with E-state index in [2.05, 4.69) is 10.6 Å². The molecule has 0 aliphatic heterocycles. The Morgan fingerprint density at radius 1 is 1.24 bits per heavy atom. The van der Waals surface area contributed by atoms with Crippen molar-refractivity contribution in [2.75, 3.05) is 12.4 Å². The van der Waals surface area contributed by atoms with E-state index in [9.17, 15) is 14.4 Å². The number of anilines is 1. The fourth-order valence-corrected chi connectivity index (χ4v) is 1.71. The van der Waals surface area contributed by atoms with Crippen molar-refractivity contribution in [3.63, 3.8) is 0 Å². The number of methoxy groups -OCH3 is 1. The normalized spacial score (nSPS) is 9.81. The summed E-state index contributed by atoms with van der Waals surface area (Å²) < 4.78 is 5.10. The van der Waals surface area contributed by atoms with Gasteiger partial charge in [0.25, 0.3) is 0 Å². The van der Waals surface area contributed by atoms with E-state index in [1.807, 2.05) is 6.92 Å². The standard InChI is InChI=1S/C14H18N2O5/c1-9-8-10(6-7-11(9)21-2)15-14(20)16-12(17)4-3-5-13(18)19/h6-8H,3-5H2,1-2H3,(H,18,19)(H2,15,16,17,20). The van der Waals surface area contributed by atoms with Crippen LogP contribution in [0.15, 0.2) is 18.2 Å². The number of amides is 3. The Labute approximate surface area is 122 Å². The van der Waals surface area contributed by atoms with Crippen molar-refractivity contribution >= 4 is 23.6 Å². The van der Waals surface area contributed by atoms with E-state index in [-0.39, 0.29) is 19.3 Å². The molecule has 3 amide bonds. The van der Waals surface area contributed by atoms with Crippen molar-refractivity contribution in [2.45, 2.75) is 26.2 Å². The first-order valence-electron chi connectivity index (χ1n) is 6.39. The van der Waals surface area contributed by atoms with Crippen LogP contribution >= 0.6 is 0 Å². The molecule has 3 N–H and O–H groups in total. The summed E-state index contributed by atoms with van der Waals surface area (Å²) in [6.45, 7) is 1.83. The highest BCUT2D eigenvalue weighted by molar-refractivity contribution is 6.01. The molecule has 0 saturated carbocycles. The van der Waals surface area contributed by atoms with Gasteiger partial charge in [-0.25, -0.2) is 4.79 Å². The number of hydrogen-bond donors (Lipinski definition) is 3. The Hall–Kier alpha value is -2.57. The molecule has 7 heteroatoms. The largest absolute Gasteiger partial charge is 0.496 e. The lowest BCUT2D eigenvalue weighted by atomic mass is 10.2. The fourth-order valence-electron chi connectivity index (χ4n) is 1.71. The zero-order chi connectivity index (χ0) is 15.8. The minimum atomic E-state index is -0.971. The first kappa shape index (κ1) is 16.5. The highest BCUT2D eigenvalue weighted by Crippen LogP contribution is 2.21. The summed E-state index contributed by atoms with van der Waals surface area (Å²) in [4.78, 5) is 33.3. The average Bonchev–Trinajstić information content (AvgIpc) is 2.38. The number of imide groups is 1. The van der Waals surface area contributed by atoms with Crippen molar-refractivity contribution in [1.29, 1.82) is 0 Å². The molecule has 0 spiro atoms. The number of carboxylic acid groups (broad SMARTS) is 1. The van der Waals surface area contributed by atoms with E-state index >= 15 is 0 Å². The maximum Gasteiger partial charge on any atom is 0.325 e. The molecule has 0 aliphatic rings. The van der Waals surface area contributed by atoms with Gasteiger partial charge >= 0.3 is 12.0 Å². The number of carboxylic acids is 1. The van der Waals surface area contributed by atoms with Gasteiger partial charge in [0.05, 0.1) is 7.11 Å². The number of rotatable bonds is 6. The van der Waals surface area contributed by atoms with Crippen molar-refractivity contribution in [3.05, 3.63) is 23.8 Å². The molecule has 0 aliphatic carbocycles. The molecular formula is C14H18N2O5. The number of carbonyl (C=O) groups excluding carboxylic acids is 2. The second kappa shape index (κ2) is 7.88. The average molecular weight is 294 g/mol. The molecule has 21 heavy (non-hydrogen) atoms. The van der Waals surface area contributed by atoms with Gasteiger partial charge in [-0.2, -0.15) is 0 Å². The van der Waals surface area contributed by atoms with E-state index < -0.39 is 17.9 Å². The number of ether oxygens (including phenoxy) is 1. The van der Waals surface area contributed by atoms with Gasteiger partial charge in [-0.1, -0.05) is 0 Å². The summed E-state index contributed by atoms with van der Waals surface area (Å²) in [5.74, 6) is -0.786. The van der Waals surface area contributed by atoms with E-state index in [0.717, 1.165) is 5.56 Å². The predicted octanol–water partition coefficient (Wildman–Crippen LogP) is 1.91. The molecule has 1 rings (SSSR count). The molecule has 0 bridgehead atoms. The van der Waals surface area contributed by atoms with Crippen LogP contribution in [0.5, 0.6) is 5.75 Å². The Morgan fingerprint density at radius 2 is 1.95 bits per heavy atom. The predicted molar refractivity (Wildman–Crippen MR) is 76.4 cm³/mol. The molecule has 0 radical (unpaired) electrons. The van der Waals surface area contributed by atoms with Crippen molar-refractivity contribution in [2.24, 2.45) is 0 Å². The van der Waals surface area contributed by atoms with E-state index in [0.29, 0.717) is 11.4 Å². The van der Waals surface area contributed by atoms with Crippen LogP contribution in [0, 0.1) is 6.92 Å². The third kappa shape index (κ3) is 5.94. The Balaban J connectivity index is 2.44. The van der Waals surface area contributed by atoms with Gasteiger partial charge in [0.1, 0.15) is 5.75 Å². The molecule has 114 valence electrons. The number of aliphatic carboxylic acids is 1. The number of aryl methyl sites for hydroxylation is 1. The van der Waals surface area contributed by atoms with Gasteiger partial charge in [0.2, 0.25) is 5.91 Å². The molecule has 1 aromatic carbocycles. The number of hydrogen-bond acceptors (Lipinski definition) is 4. The Kier molecular flexibility index (Phi) is 6.19. The minimum Gasteiger partial charge on any atom is -0.496 e.